The van der Waals surface area contributed by atoms with Gasteiger partial charge in [0, 0.05) is 40.1 Å². The summed E-state index contributed by atoms with van der Waals surface area (Å²) in [5, 5.41) is 1.36. The van der Waals surface area contributed by atoms with Crippen molar-refractivity contribution >= 4 is 26.8 Å². The van der Waals surface area contributed by atoms with Crippen molar-refractivity contribution in [2.24, 2.45) is 12.8 Å². The van der Waals surface area contributed by atoms with E-state index in [1.165, 1.54) is 35.0 Å². The normalized spacial score (nSPS) is 17.6. The van der Waals surface area contributed by atoms with Gasteiger partial charge in [-0.15, -0.1) is 0 Å². The summed E-state index contributed by atoms with van der Waals surface area (Å²) in [5.74, 6) is 0. The van der Waals surface area contributed by atoms with Gasteiger partial charge in [0.15, 0.2) is 0 Å². The van der Waals surface area contributed by atoms with E-state index in [2.05, 4.69) is 52.7 Å². The second kappa shape index (κ2) is 3.59. The molecule has 2 aromatic rings. The van der Waals surface area contributed by atoms with Crippen LogP contribution in [-0.4, -0.2) is 11.1 Å². The van der Waals surface area contributed by atoms with Crippen molar-refractivity contribution < 1.29 is 0 Å². The van der Waals surface area contributed by atoms with Gasteiger partial charge < -0.3 is 10.3 Å². The first-order valence-electron chi connectivity index (χ1n) is 6.04. The molecule has 3 heteroatoms. The van der Waals surface area contributed by atoms with Gasteiger partial charge in [-0.2, -0.15) is 0 Å². The molecule has 0 amide bonds. The predicted octanol–water partition coefficient (Wildman–Crippen LogP) is 3.24. The van der Waals surface area contributed by atoms with Crippen LogP contribution < -0.4 is 5.73 Å². The molecule has 2 N–H and O–H groups in total. The summed E-state index contributed by atoms with van der Waals surface area (Å²) in [4.78, 5) is 0. The zero-order valence-corrected chi connectivity index (χ0v) is 11.8. The molecule has 1 aliphatic rings. The Hall–Kier alpha value is -0.800. The van der Waals surface area contributed by atoms with E-state index in [0.29, 0.717) is 0 Å². The Balaban J connectivity index is 2.37. The van der Waals surface area contributed by atoms with Crippen LogP contribution in [0.2, 0.25) is 0 Å². The van der Waals surface area contributed by atoms with E-state index in [1.807, 2.05) is 0 Å². The number of rotatable bonds is 2. The second-order valence-electron chi connectivity index (χ2n) is 5.17. The lowest BCUT2D eigenvalue weighted by Crippen LogP contribution is -2.20. The Bertz CT molecular complexity index is 594. The van der Waals surface area contributed by atoms with E-state index < -0.39 is 0 Å². The van der Waals surface area contributed by atoms with E-state index in [9.17, 15) is 0 Å². The van der Waals surface area contributed by atoms with Crippen molar-refractivity contribution in [3.05, 3.63) is 33.9 Å². The molecule has 0 unspecified atom stereocenters. The molecule has 0 radical (unpaired) electrons. The highest BCUT2D eigenvalue weighted by molar-refractivity contribution is 9.10. The second-order valence-corrected chi connectivity index (χ2v) is 6.08. The molecule has 1 fully saturated rings. The van der Waals surface area contributed by atoms with Crippen LogP contribution in [0.5, 0.6) is 0 Å². The molecule has 0 atom stereocenters. The highest BCUT2D eigenvalue weighted by Crippen LogP contribution is 2.51. The van der Waals surface area contributed by atoms with E-state index >= 15 is 0 Å². The van der Waals surface area contributed by atoms with Crippen LogP contribution in [0.1, 0.15) is 24.1 Å². The van der Waals surface area contributed by atoms with Gasteiger partial charge in [0.1, 0.15) is 0 Å². The lowest BCUT2D eigenvalue weighted by molar-refractivity contribution is 0.697. The number of nitrogens with two attached hydrogens (primary N) is 1. The standard InChI is InChI=1S/C14H17BrN2/c1-9-13(14(8-16)5-6-14)11-7-10(15)3-4-12(11)17(9)2/h3-4,7H,5-6,8,16H2,1-2H3. The zero-order valence-electron chi connectivity index (χ0n) is 10.3. The maximum Gasteiger partial charge on any atom is 0.0483 e. The van der Waals surface area contributed by atoms with Crippen molar-refractivity contribution in [3.63, 3.8) is 0 Å². The number of hydrogen-bond donors (Lipinski definition) is 1. The zero-order chi connectivity index (χ0) is 12.2. The van der Waals surface area contributed by atoms with Crippen molar-refractivity contribution in [1.82, 2.24) is 4.57 Å². The number of aryl methyl sites for hydroxylation is 1. The van der Waals surface area contributed by atoms with Gasteiger partial charge in [0.25, 0.3) is 0 Å². The Labute approximate surface area is 110 Å². The molecule has 2 nitrogen and oxygen atoms in total. The fourth-order valence-electron chi connectivity index (χ4n) is 2.92. The molecule has 1 saturated carbocycles. The summed E-state index contributed by atoms with van der Waals surface area (Å²) < 4.78 is 3.43. The maximum atomic E-state index is 5.99. The summed E-state index contributed by atoms with van der Waals surface area (Å²) in [6.07, 6.45) is 2.46. The monoisotopic (exact) mass is 292 g/mol. The van der Waals surface area contributed by atoms with E-state index in [1.54, 1.807) is 0 Å². The Morgan fingerprint density at radius 2 is 2.12 bits per heavy atom. The third-order valence-electron chi connectivity index (χ3n) is 4.23. The first-order valence-corrected chi connectivity index (χ1v) is 6.83. The number of fused-ring (bicyclic) bond motifs is 1. The Morgan fingerprint density at radius 3 is 2.71 bits per heavy atom. The van der Waals surface area contributed by atoms with Gasteiger partial charge >= 0.3 is 0 Å². The first kappa shape index (κ1) is 11.3. The number of benzene rings is 1. The van der Waals surface area contributed by atoms with Crippen LogP contribution in [0.4, 0.5) is 0 Å². The van der Waals surface area contributed by atoms with Crippen molar-refractivity contribution in [2.75, 3.05) is 6.54 Å². The minimum absolute atomic E-state index is 0.254. The van der Waals surface area contributed by atoms with Gasteiger partial charge in [0.2, 0.25) is 0 Å². The quantitative estimate of drug-likeness (QED) is 0.905. The topological polar surface area (TPSA) is 30.9 Å². The number of hydrogen-bond acceptors (Lipinski definition) is 1. The predicted molar refractivity (Wildman–Crippen MR) is 75.3 cm³/mol. The molecule has 0 spiro atoms. The average molecular weight is 293 g/mol. The van der Waals surface area contributed by atoms with Crippen molar-refractivity contribution in [1.29, 1.82) is 0 Å². The number of halogens is 1. The summed E-state index contributed by atoms with van der Waals surface area (Å²) in [5.41, 5.74) is 10.4. The van der Waals surface area contributed by atoms with Crippen LogP contribution in [0, 0.1) is 6.92 Å². The van der Waals surface area contributed by atoms with Crippen LogP contribution in [-0.2, 0) is 12.5 Å². The third-order valence-corrected chi connectivity index (χ3v) is 4.72. The van der Waals surface area contributed by atoms with Gasteiger partial charge in [-0.1, -0.05) is 15.9 Å². The smallest absolute Gasteiger partial charge is 0.0483 e. The fourth-order valence-corrected chi connectivity index (χ4v) is 3.28. The highest BCUT2D eigenvalue weighted by atomic mass is 79.9. The Kier molecular flexibility index (Phi) is 2.39. The molecule has 0 aliphatic heterocycles. The maximum absolute atomic E-state index is 5.99. The minimum Gasteiger partial charge on any atom is -0.348 e. The molecule has 0 saturated heterocycles. The van der Waals surface area contributed by atoms with Crippen LogP contribution in [0.3, 0.4) is 0 Å². The van der Waals surface area contributed by atoms with Gasteiger partial charge in [-0.05, 0) is 43.5 Å². The van der Waals surface area contributed by atoms with E-state index in [4.69, 9.17) is 5.73 Å². The van der Waals surface area contributed by atoms with Gasteiger partial charge in [-0.25, -0.2) is 0 Å². The van der Waals surface area contributed by atoms with Gasteiger partial charge in [-0.3, -0.25) is 0 Å². The summed E-state index contributed by atoms with van der Waals surface area (Å²) in [7, 11) is 2.14. The highest BCUT2D eigenvalue weighted by Gasteiger charge is 2.45. The Morgan fingerprint density at radius 1 is 1.41 bits per heavy atom. The summed E-state index contributed by atoms with van der Waals surface area (Å²) in [6.45, 7) is 2.97. The molecule has 1 aliphatic carbocycles. The average Bonchev–Trinajstić information content (AvgIpc) is 3.05. The number of nitrogens with zero attached hydrogens (tertiary/aromatic N) is 1. The van der Waals surface area contributed by atoms with E-state index in [-0.39, 0.29) is 5.41 Å². The molecule has 90 valence electrons. The minimum atomic E-state index is 0.254. The van der Waals surface area contributed by atoms with Crippen LogP contribution in [0.15, 0.2) is 22.7 Å². The SMILES string of the molecule is Cc1c(C2(CN)CC2)c2cc(Br)ccc2n1C. The molecular weight excluding hydrogens is 276 g/mol. The van der Waals surface area contributed by atoms with Gasteiger partial charge in [0.05, 0.1) is 0 Å². The molecule has 1 heterocycles. The lowest BCUT2D eigenvalue weighted by Gasteiger charge is -2.13. The lowest BCUT2D eigenvalue weighted by atomic mass is 9.93. The summed E-state index contributed by atoms with van der Waals surface area (Å²) >= 11 is 3.57. The number of aromatic nitrogens is 1. The molecule has 1 aromatic carbocycles. The van der Waals surface area contributed by atoms with Crippen LogP contribution in [0.25, 0.3) is 10.9 Å². The first-order chi connectivity index (χ1) is 8.09. The van der Waals surface area contributed by atoms with Crippen molar-refractivity contribution in [2.45, 2.75) is 25.2 Å². The molecular formula is C14H17BrN2. The van der Waals surface area contributed by atoms with E-state index in [0.717, 1.165) is 11.0 Å². The molecule has 3 rings (SSSR count). The fraction of sp³-hybridized carbons (Fsp3) is 0.429. The third kappa shape index (κ3) is 1.49. The summed E-state index contributed by atoms with van der Waals surface area (Å²) in [6, 6.07) is 6.52. The molecule has 0 bridgehead atoms. The van der Waals surface area contributed by atoms with Crippen molar-refractivity contribution in [3.8, 4) is 0 Å². The molecule has 1 aromatic heterocycles. The largest absolute Gasteiger partial charge is 0.348 e. The molecule has 17 heavy (non-hydrogen) atoms. The van der Waals surface area contributed by atoms with Crippen LogP contribution >= 0.6 is 15.9 Å².